The standard InChI is InChI=1S/C21H31N5O2/c1-14-6-7-18(25-11-14)23-8-3-9-24-21(28)20-16-10-15(12-22-13-16)17-4-2-5-19(27)26(17)20/h6-7,11,15-17,20,22H,2-5,8-10,12-13H2,1H3,(H,23,25)(H,24,28)/t15-,16+,17+,20-/m1/s1. The van der Waals surface area contributed by atoms with Gasteiger partial charge >= 0.3 is 0 Å². The molecule has 1 aromatic heterocycles. The van der Waals surface area contributed by atoms with Crippen molar-refractivity contribution < 1.29 is 9.59 Å². The van der Waals surface area contributed by atoms with Gasteiger partial charge < -0.3 is 20.9 Å². The highest BCUT2D eigenvalue weighted by Gasteiger charge is 2.50. The van der Waals surface area contributed by atoms with Gasteiger partial charge in [0, 0.05) is 44.2 Å². The van der Waals surface area contributed by atoms with Crippen molar-refractivity contribution in [2.24, 2.45) is 11.8 Å². The number of hydrogen-bond acceptors (Lipinski definition) is 5. The maximum absolute atomic E-state index is 13.0. The topological polar surface area (TPSA) is 86.4 Å². The number of piperidine rings is 3. The van der Waals surface area contributed by atoms with E-state index < -0.39 is 0 Å². The Hall–Kier alpha value is -2.15. The van der Waals surface area contributed by atoms with Gasteiger partial charge in [-0.15, -0.1) is 0 Å². The molecule has 0 spiro atoms. The Morgan fingerprint density at radius 1 is 1.29 bits per heavy atom. The SMILES string of the molecule is Cc1ccc(NCCCNC(=O)[C@H]2[C@@H]3CNC[C@@H](C3)[C@@H]3CCCC(=O)N32)nc1. The zero-order chi connectivity index (χ0) is 19.5. The lowest BCUT2D eigenvalue weighted by molar-refractivity contribution is -0.157. The average Bonchev–Trinajstić information content (AvgIpc) is 2.70. The smallest absolute Gasteiger partial charge is 0.243 e. The highest BCUT2D eigenvalue weighted by atomic mass is 16.2. The second-order valence-corrected chi connectivity index (χ2v) is 8.41. The van der Waals surface area contributed by atoms with Crippen LogP contribution in [0.25, 0.3) is 0 Å². The molecule has 3 N–H and O–H groups in total. The first kappa shape index (κ1) is 19.2. The van der Waals surface area contributed by atoms with Gasteiger partial charge in [0.25, 0.3) is 0 Å². The summed E-state index contributed by atoms with van der Waals surface area (Å²) in [5.74, 6) is 1.76. The van der Waals surface area contributed by atoms with Gasteiger partial charge in [-0.05, 0) is 56.7 Å². The van der Waals surface area contributed by atoms with Crippen LogP contribution in [-0.2, 0) is 9.59 Å². The molecule has 1 aromatic rings. The molecule has 7 nitrogen and oxygen atoms in total. The molecule has 0 aliphatic carbocycles. The van der Waals surface area contributed by atoms with E-state index in [4.69, 9.17) is 0 Å². The second-order valence-electron chi connectivity index (χ2n) is 8.41. The molecule has 28 heavy (non-hydrogen) atoms. The fourth-order valence-electron chi connectivity index (χ4n) is 5.04. The lowest BCUT2D eigenvalue weighted by atomic mass is 9.72. The van der Waals surface area contributed by atoms with Crippen molar-refractivity contribution in [3.8, 4) is 0 Å². The molecule has 4 rings (SSSR count). The summed E-state index contributed by atoms with van der Waals surface area (Å²) in [6.45, 7) is 5.16. The highest BCUT2D eigenvalue weighted by Crippen LogP contribution is 2.39. The third-order valence-corrected chi connectivity index (χ3v) is 6.38. The van der Waals surface area contributed by atoms with E-state index in [0.29, 0.717) is 18.9 Å². The van der Waals surface area contributed by atoms with Gasteiger partial charge in [-0.2, -0.15) is 0 Å². The summed E-state index contributed by atoms with van der Waals surface area (Å²) in [5, 5.41) is 9.84. The molecule has 0 aromatic carbocycles. The van der Waals surface area contributed by atoms with E-state index in [1.807, 2.05) is 30.2 Å². The molecule has 0 saturated carbocycles. The first-order valence-electron chi connectivity index (χ1n) is 10.6. The number of nitrogens with one attached hydrogen (secondary N) is 3. The Morgan fingerprint density at radius 2 is 2.14 bits per heavy atom. The van der Waals surface area contributed by atoms with Crippen molar-refractivity contribution in [1.29, 1.82) is 0 Å². The average molecular weight is 386 g/mol. The van der Waals surface area contributed by atoms with Crippen LogP contribution in [0.1, 0.15) is 37.7 Å². The summed E-state index contributed by atoms with van der Waals surface area (Å²) in [5.41, 5.74) is 1.13. The molecule has 3 aliphatic heterocycles. The zero-order valence-corrected chi connectivity index (χ0v) is 16.6. The minimum Gasteiger partial charge on any atom is -0.370 e. The number of aryl methyl sites for hydroxylation is 1. The van der Waals surface area contributed by atoms with Gasteiger partial charge in [-0.25, -0.2) is 4.98 Å². The largest absolute Gasteiger partial charge is 0.370 e. The summed E-state index contributed by atoms with van der Waals surface area (Å²) in [6.07, 6.45) is 6.28. The number of pyridine rings is 1. The van der Waals surface area contributed by atoms with Crippen molar-refractivity contribution in [3.05, 3.63) is 23.9 Å². The fourth-order valence-corrected chi connectivity index (χ4v) is 5.04. The van der Waals surface area contributed by atoms with Crippen LogP contribution >= 0.6 is 0 Å². The van der Waals surface area contributed by atoms with Gasteiger partial charge in [-0.3, -0.25) is 9.59 Å². The zero-order valence-electron chi connectivity index (χ0n) is 16.6. The predicted octanol–water partition coefficient (Wildman–Crippen LogP) is 1.30. The summed E-state index contributed by atoms with van der Waals surface area (Å²) in [4.78, 5) is 31.9. The van der Waals surface area contributed by atoms with Crippen LogP contribution in [-0.4, -0.2) is 60.0 Å². The molecule has 2 bridgehead atoms. The summed E-state index contributed by atoms with van der Waals surface area (Å²) >= 11 is 0. The van der Waals surface area contributed by atoms with E-state index >= 15 is 0 Å². The van der Waals surface area contributed by atoms with E-state index in [9.17, 15) is 9.59 Å². The van der Waals surface area contributed by atoms with Crippen molar-refractivity contribution in [1.82, 2.24) is 20.5 Å². The van der Waals surface area contributed by atoms with Crippen LogP contribution in [0.3, 0.4) is 0 Å². The van der Waals surface area contributed by atoms with Crippen LogP contribution in [0, 0.1) is 18.8 Å². The first-order chi connectivity index (χ1) is 13.6. The van der Waals surface area contributed by atoms with Crippen molar-refractivity contribution in [2.75, 3.05) is 31.5 Å². The number of fused-ring (bicyclic) bond motifs is 4. The molecule has 0 radical (unpaired) electrons. The Kier molecular flexibility index (Phi) is 5.80. The third-order valence-electron chi connectivity index (χ3n) is 6.38. The fraction of sp³-hybridized carbons (Fsp3) is 0.667. The molecule has 4 heterocycles. The molecule has 152 valence electrons. The summed E-state index contributed by atoms with van der Waals surface area (Å²) < 4.78 is 0. The number of hydrogen-bond donors (Lipinski definition) is 3. The van der Waals surface area contributed by atoms with Crippen molar-refractivity contribution >= 4 is 17.6 Å². The Balaban J connectivity index is 1.30. The molecule has 2 amide bonds. The molecule has 3 aliphatic rings. The van der Waals surface area contributed by atoms with Crippen LogP contribution in [0.5, 0.6) is 0 Å². The molecule has 4 atom stereocenters. The van der Waals surface area contributed by atoms with Gasteiger partial charge in [0.1, 0.15) is 11.9 Å². The normalized spacial score (nSPS) is 29.2. The maximum Gasteiger partial charge on any atom is 0.243 e. The number of rotatable bonds is 6. The second kappa shape index (κ2) is 8.47. The molecular formula is C21H31N5O2. The van der Waals surface area contributed by atoms with Gasteiger partial charge in [0.15, 0.2) is 0 Å². The molecular weight excluding hydrogens is 354 g/mol. The van der Waals surface area contributed by atoms with Crippen LogP contribution < -0.4 is 16.0 Å². The quantitative estimate of drug-likeness (QED) is 0.643. The Morgan fingerprint density at radius 3 is 2.96 bits per heavy atom. The van der Waals surface area contributed by atoms with E-state index in [1.165, 1.54) is 0 Å². The number of anilines is 1. The number of aromatic nitrogens is 1. The Labute approximate surface area is 166 Å². The van der Waals surface area contributed by atoms with Crippen molar-refractivity contribution in [2.45, 2.75) is 51.1 Å². The third kappa shape index (κ3) is 3.99. The van der Waals surface area contributed by atoms with Gasteiger partial charge in [0.2, 0.25) is 11.8 Å². The first-order valence-corrected chi connectivity index (χ1v) is 10.6. The van der Waals surface area contributed by atoms with E-state index in [2.05, 4.69) is 20.9 Å². The molecule has 3 saturated heterocycles. The minimum absolute atomic E-state index is 0.0147. The van der Waals surface area contributed by atoms with Crippen LogP contribution in [0.15, 0.2) is 18.3 Å². The maximum atomic E-state index is 13.0. The lowest BCUT2D eigenvalue weighted by Gasteiger charge is -2.53. The van der Waals surface area contributed by atoms with Crippen molar-refractivity contribution in [3.63, 3.8) is 0 Å². The molecule has 3 fully saturated rings. The molecule has 0 unspecified atom stereocenters. The van der Waals surface area contributed by atoms with E-state index in [1.54, 1.807) is 0 Å². The molecule has 7 heteroatoms. The van der Waals surface area contributed by atoms with Gasteiger partial charge in [-0.1, -0.05) is 6.07 Å². The summed E-state index contributed by atoms with van der Waals surface area (Å²) in [6, 6.07) is 3.91. The summed E-state index contributed by atoms with van der Waals surface area (Å²) in [7, 11) is 0. The van der Waals surface area contributed by atoms with Crippen LogP contribution in [0.4, 0.5) is 5.82 Å². The number of amides is 2. The van der Waals surface area contributed by atoms with Crippen LogP contribution in [0.2, 0.25) is 0 Å². The Bertz CT molecular complexity index is 707. The van der Waals surface area contributed by atoms with E-state index in [-0.39, 0.29) is 29.8 Å². The monoisotopic (exact) mass is 385 g/mol. The van der Waals surface area contributed by atoms with E-state index in [0.717, 1.165) is 56.7 Å². The number of carbonyl (C=O) groups is 2. The highest BCUT2D eigenvalue weighted by molar-refractivity contribution is 5.89. The number of nitrogens with zero attached hydrogens (tertiary/aromatic N) is 2. The lowest BCUT2D eigenvalue weighted by Crippen LogP contribution is -2.68. The number of carbonyl (C=O) groups excluding carboxylic acids is 2. The minimum atomic E-state index is -0.312. The van der Waals surface area contributed by atoms with Gasteiger partial charge in [0.05, 0.1) is 0 Å². The predicted molar refractivity (Wildman–Crippen MR) is 108 cm³/mol.